The molecule has 0 amide bonds. The molecule has 2 aromatic rings. The summed E-state index contributed by atoms with van der Waals surface area (Å²) < 4.78 is 21.9. The van der Waals surface area contributed by atoms with E-state index in [-0.39, 0.29) is 19.6 Å². The highest BCUT2D eigenvalue weighted by Gasteiger charge is 2.26. The maximum absolute atomic E-state index is 5.53. The Morgan fingerprint density at radius 2 is 1.57 bits per heavy atom. The molecule has 116 valence electrons. The molecule has 0 saturated carbocycles. The molecule has 0 radical (unpaired) electrons. The summed E-state index contributed by atoms with van der Waals surface area (Å²) in [4.78, 5) is 4.87. The van der Waals surface area contributed by atoms with Crippen molar-refractivity contribution in [3.8, 4) is 23.0 Å². The van der Waals surface area contributed by atoms with Crippen LogP contribution in [0.1, 0.15) is 23.6 Å². The Bertz CT molecular complexity index is 843. The second-order valence-corrected chi connectivity index (χ2v) is 5.96. The Hall–Kier alpha value is -2.69. The molecule has 3 aliphatic rings. The van der Waals surface area contributed by atoms with E-state index in [0.29, 0.717) is 0 Å². The van der Waals surface area contributed by atoms with Gasteiger partial charge in [-0.15, -0.1) is 0 Å². The molecule has 0 bridgehead atoms. The van der Waals surface area contributed by atoms with Gasteiger partial charge in [-0.2, -0.15) is 0 Å². The smallest absolute Gasteiger partial charge is 0.231 e. The van der Waals surface area contributed by atoms with Gasteiger partial charge in [0.05, 0.1) is 11.8 Å². The van der Waals surface area contributed by atoms with Gasteiger partial charge in [0.25, 0.3) is 0 Å². The summed E-state index contributed by atoms with van der Waals surface area (Å²) in [6.45, 7) is 2.68. The number of ether oxygens (including phenoxy) is 4. The lowest BCUT2D eigenvalue weighted by Crippen LogP contribution is -2.19. The van der Waals surface area contributed by atoms with Crippen LogP contribution in [0.5, 0.6) is 23.0 Å². The molecule has 0 N–H and O–H groups in total. The van der Waals surface area contributed by atoms with Crippen molar-refractivity contribution >= 4 is 5.71 Å². The van der Waals surface area contributed by atoms with Crippen molar-refractivity contribution < 1.29 is 18.9 Å². The Labute approximate surface area is 133 Å². The summed E-state index contributed by atoms with van der Waals surface area (Å²) in [5, 5.41) is 0. The fraction of sp³-hybridized carbons (Fsp3) is 0.278. The molecular weight excluding hydrogens is 294 g/mol. The van der Waals surface area contributed by atoms with Gasteiger partial charge in [0.1, 0.15) is 0 Å². The average molecular weight is 309 g/mol. The fourth-order valence-corrected chi connectivity index (χ4v) is 3.30. The van der Waals surface area contributed by atoms with Crippen molar-refractivity contribution in [3.05, 3.63) is 47.0 Å². The van der Waals surface area contributed by atoms with Crippen molar-refractivity contribution in [2.75, 3.05) is 13.6 Å². The summed E-state index contributed by atoms with van der Waals surface area (Å²) in [5.74, 6) is 3.16. The first-order chi connectivity index (χ1) is 11.3. The highest BCUT2D eigenvalue weighted by molar-refractivity contribution is 6.15. The first-order valence-electron chi connectivity index (χ1n) is 7.68. The van der Waals surface area contributed by atoms with Crippen LogP contribution >= 0.6 is 0 Å². The van der Waals surface area contributed by atoms with E-state index >= 15 is 0 Å². The Morgan fingerprint density at radius 3 is 2.39 bits per heavy atom. The maximum Gasteiger partial charge on any atom is 0.231 e. The molecule has 1 atom stereocenters. The Balaban J connectivity index is 1.66. The van der Waals surface area contributed by atoms with E-state index in [4.69, 9.17) is 23.9 Å². The number of rotatable bonds is 1. The van der Waals surface area contributed by atoms with Gasteiger partial charge in [0.15, 0.2) is 23.0 Å². The number of hydrogen-bond acceptors (Lipinski definition) is 5. The van der Waals surface area contributed by atoms with Crippen molar-refractivity contribution in [2.24, 2.45) is 4.99 Å². The van der Waals surface area contributed by atoms with Crippen LogP contribution in [-0.2, 0) is 6.42 Å². The number of benzene rings is 2. The molecule has 0 fully saturated rings. The van der Waals surface area contributed by atoms with Crippen LogP contribution in [-0.4, -0.2) is 25.3 Å². The zero-order valence-corrected chi connectivity index (χ0v) is 12.7. The molecule has 5 rings (SSSR count). The minimum Gasteiger partial charge on any atom is -0.454 e. The van der Waals surface area contributed by atoms with E-state index in [1.165, 1.54) is 5.56 Å². The topological polar surface area (TPSA) is 49.3 Å². The lowest BCUT2D eigenvalue weighted by Gasteiger charge is -2.22. The highest BCUT2D eigenvalue weighted by Crippen LogP contribution is 2.39. The van der Waals surface area contributed by atoms with Crippen molar-refractivity contribution in [1.29, 1.82) is 0 Å². The molecule has 0 aromatic heterocycles. The van der Waals surface area contributed by atoms with E-state index < -0.39 is 0 Å². The second kappa shape index (κ2) is 4.65. The zero-order valence-electron chi connectivity index (χ0n) is 12.7. The largest absolute Gasteiger partial charge is 0.454 e. The minimum absolute atomic E-state index is 0.225. The van der Waals surface area contributed by atoms with Crippen LogP contribution in [0.4, 0.5) is 0 Å². The first kappa shape index (κ1) is 12.8. The summed E-state index contributed by atoms with van der Waals surface area (Å²) >= 11 is 0. The van der Waals surface area contributed by atoms with Gasteiger partial charge in [0.2, 0.25) is 13.6 Å². The predicted octanol–water partition coefficient (Wildman–Crippen LogP) is 2.93. The predicted molar refractivity (Wildman–Crippen MR) is 83.9 cm³/mol. The number of hydrogen-bond donors (Lipinski definition) is 0. The molecular formula is C18H15NO4. The molecule has 0 aliphatic carbocycles. The van der Waals surface area contributed by atoms with Gasteiger partial charge in [-0.1, -0.05) is 0 Å². The van der Waals surface area contributed by atoms with Crippen LogP contribution in [0, 0.1) is 0 Å². The third-order valence-corrected chi connectivity index (χ3v) is 4.36. The van der Waals surface area contributed by atoms with Gasteiger partial charge in [0, 0.05) is 11.1 Å². The Morgan fingerprint density at radius 1 is 0.870 bits per heavy atom. The quantitative estimate of drug-likeness (QED) is 0.812. The standard InChI is InChI=1S/C18H15NO4/c1-10-4-12-6-16-17(23-9-22-16)7-13(12)18(19-10)11-2-3-14-15(5-11)21-8-20-14/h2-3,5-7,10H,4,8-9H2,1H3. The van der Waals surface area contributed by atoms with Crippen LogP contribution in [0.2, 0.25) is 0 Å². The summed E-state index contributed by atoms with van der Waals surface area (Å²) in [5.41, 5.74) is 4.34. The first-order valence-corrected chi connectivity index (χ1v) is 7.68. The van der Waals surface area contributed by atoms with Crippen LogP contribution in [0.25, 0.3) is 0 Å². The van der Waals surface area contributed by atoms with Gasteiger partial charge in [-0.05, 0) is 49.2 Å². The Kier molecular flexibility index (Phi) is 2.59. The zero-order chi connectivity index (χ0) is 15.4. The maximum atomic E-state index is 5.53. The molecule has 23 heavy (non-hydrogen) atoms. The number of aliphatic imine (C=N–C) groups is 1. The third kappa shape index (κ3) is 1.96. The molecule has 1 unspecified atom stereocenters. The highest BCUT2D eigenvalue weighted by atomic mass is 16.7. The molecule has 3 heterocycles. The second-order valence-electron chi connectivity index (χ2n) is 5.96. The molecule has 0 saturated heterocycles. The molecule has 5 nitrogen and oxygen atoms in total. The van der Waals surface area contributed by atoms with Gasteiger partial charge in [-0.3, -0.25) is 4.99 Å². The van der Waals surface area contributed by atoms with Crippen molar-refractivity contribution in [3.63, 3.8) is 0 Å². The summed E-state index contributed by atoms with van der Waals surface area (Å²) in [7, 11) is 0. The lowest BCUT2D eigenvalue weighted by molar-refractivity contribution is 0.173. The van der Waals surface area contributed by atoms with Gasteiger partial charge < -0.3 is 18.9 Å². The monoisotopic (exact) mass is 309 g/mol. The third-order valence-electron chi connectivity index (χ3n) is 4.36. The van der Waals surface area contributed by atoms with Crippen LogP contribution < -0.4 is 18.9 Å². The molecule has 3 aliphatic heterocycles. The van der Waals surface area contributed by atoms with Crippen LogP contribution in [0.15, 0.2) is 35.3 Å². The molecule has 5 heteroatoms. The van der Waals surface area contributed by atoms with Gasteiger partial charge in [-0.25, -0.2) is 0 Å². The van der Waals surface area contributed by atoms with E-state index in [1.54, 1.807) is 0 Å². The minimum atomic E-state index is 0.225. The summed E-state index contributed by atoms with van der Waals surface area (Å²) in [6, 6.07) is 10.3. The van der Waals surface area contributed by atoms with Crippen molar-refractivity contribution in [1.82, 2.24) is 0 Å². The molecule has 2 aromatic carbocycles. The summed E-state index contributed by atoms with van der Waals surface area (Å²) in [6.07, 6.45) is 0.903. The van der Waals surface area contributed by atoms with E-state index in [2.05, 4.69) is 13.0 Å². The number of nitrogens with zero attached hydrogens (tertiary/aromatic N) is 1. The number of fused-ring (bicyclic) bond motifs is 3. The van der Waals surface area contributed by atoms with Crippen LogP contribution in [0.3, 0.4) is 0 Å². The van der Waals surface area contributed by atoms with Gasteiger partial charge >= 0.3 is 0 Å². The SMILES string of the molecule is CC1Cc2cc3c(cc2C(c2ccc4c(c2)OCO4)=N1)OCO3. The van der Waals surface area contributed by atoms with Crippen molar-refractivity contribution in [2.45, 2.75) is 19.4 Å². The molecule has 0 spiro atoms. The van der Waals surface area contributed by atoms with E-state index in [1.807, 2.05) is 24.3 Å². The van der Waals surface area contributed by atoms with E-state index in [9.17, 15) is 0 Å². The lowest BCUT2D eigenvalue weighted by atomic mass is 9.90. The normalized spacial score (nSPS) is 20.2. The van der Waals surface area contributed by atoms with E-state index in [0.717, 1.165) is 46.3 Å². The average Bonchev–Trinajstić information content (AvgIpc) is 3.19. The fourth-order valence-electron chi connectivity index (χ4n) is 3.30.